The van der Waals surface area contributed by atoms with Crippen molar-refractivity contribution in [2.75, 3.05) is 18.8 Å². The van der Waals surface area contributed by atoms with Crippen molar-refractivity contribution in [2.45, 2.75) is 24.9 Å². The number of amides is 2. The van der Waals surface area contributed by atoms with E-state index in [9.17, 15) is 14.4 Å². The van der Waals surface area contributed by atoms with Crippen LogP contribution in [0.3, 0.4) is 0 Å². The molecule has 1 heterocycles. The van der Waals surface area contributed by atoms with Crippen LogP contribution in [0, 0.1) is 0 Å². The highest BCUT2D eigenvalue weighted by atomic mass is 32.1. The molecule has 7 nitrogen and oxygen atoms in total. The highest BCUT2D eigenvalue weighted by molar-refractivity contribution is 7.80. The van der Waals surface area contributed by atoms with Crippen molar-refractivity contribution >= 4 is 30.4 Å². The molecular weight excluding hydrogens is 258 g/mol. The van der Waals surface area contributed by atoms with Crippen LogP contribution in [0.25, 0.3) is 0 Å². The Morgan fingerprint density at radius 2 is 2.17 bits per heavy atom. The van der Waals surface area contributed by atoms with Gasteiger partial charge in [-0.25, -0.2) is 0 Å². The smallest absolute Gasteiger partial charge is 0.322 e. The van der Waals surface area contributed by atoms with Crippen molar-refractivity contribution in [1.29, 1.82) is 0 Å². The Hall–Kier alpha value is -1.28. The van der Waals surface area contributed by atoms with Gasteiger partial charge >= 0.3 is 5.97 Å². The average Bonchev–Trinajstić information content (AvgIpc) is 2.86. The largest absolute Gasteiger partial charge is 0.480 e. The summed E-state index contributed by atoms with van der Waals surface area (Å²) >= 11 is 3.97. The van der Waals surface area contributed by atoms with Crippen LogP contribution in [-0.2, 0) is 14.4 Å². The van der Waals surface area contributed by atoms with Crippen molar-refractivity contribution in [3.63, 3.8) is 0 Å². The van der Waals surface area contributed by atoms with Crippen LogP contribution in [0.2, 0.25) is 0 Å². The average molecular weight is 275 g/mol. The molecule has 8 heteroatoms. The molecule has 0 bridgehead atoms. The summed E-state index contributed by atoms with van der Waals surface area (Å²) in [6, 6.07) is -1.10. The third-order valence-corrected chi connectivity index (χ3v) is 2.97. The highest BCUT2D eigenvalue weighted by Gasteiger charge is 2.26. The van der Waals surface area contributed by atoms with Crippen molar-refractivity contribution in [1.82, 2.24) is 16.0 Å². The SMILES string of the molecule is O=C(O)CNC(=O)[C@H](CS)NC(=O)[C@@H]1CCCN1. The van der Waals surface area contributed by atoms with Gasteiger partial charge in [0, 0.05) is 5.75 Å². The maximum atomic E-state index is 11.8. The molecule has 18 heavy (non-hydrogen) atoms. The molecule has 0 aromatic heterocycles. The Labute approximate surface area is 110 Å². The Balaban J connectivity index is 2.42. The number of thiol groups is 1. The number of carbonyl (C=O) groups excluding carboxylic acids is 2. The van der Waals surface area contributed by atoms with Crippen molar-refractivity contribution in [3.05, 3.63) is 0 Å². The number of carboxylic acids is 1. The van der Waals surface area contributed by atoms with Gasteiger partial charge < -0.3 is 21.1 Å². The van der Waals surface area contributed by atoms with Gasteiger partial charge in [0.25, 0.3) is 0 Å². The minimum Gasteiger partial charge on any atom is -0.480 e. The summed E-state index contributed by atoms with van der Waals surface area (Å²) in [7, 11) is 0. The number of rotatable bonds is 6. The summed E-state index contributed by atoms with van der Waals surface area (Å²) in [6.45, 7) is 0.315. The van der Waals surface area contributed by atoms with E-state index in [0.29, 0.717) is 0 Å². The lowest BCUT2D eigenvalue weighted by atomic mass is 10.2. The molecule has 0 aromatic carbocycles. The molecule has 0 spiro atoms. The number of aliphatic carboxylic acids is 1. The molecular formula is C10H17N3O4S. The predicted octanol–water partition coefficient (Wildman–Crippen LogP) is -1.65. The normalized spacial score (nSPS) is 20.2. The van der Waals surface area contributed by atoms with E-state index < -0.39 is 24.5 Å². The van der Waals surface area contributed by atoms with Crippen LogP contribution in [0.4, 0.5) is 0 Å². The van der Waals surface area contributed by atoms with Gasteiger partial charge in [-0.3, -0.25) is 14.4 Å². The number of carboxylic acid groups (broad SMARTS) is 1. The topological polar surface area (TPSA) is 108 Å². The fourth-order valence-corrected chi connectivity index (χ4v) is 1.92. The van der Waals surface area contributed by atoms with Crippen LogP contribution in [0.15, 0.2) is 0 Å². The molecule has 1 aliphatic rings. The number of hydrogen-bond donors (Lipinski definition) is 5. The van der Waals surface area contributed by atoms with Crippen LogP contribution in [0.5, 0.6) is 0 Å². The fourth-order valence-electron chi connectivity index (χ4n) is 1.66. The first-order valence-corrected chi connectivity index (χ1v) is 6.32. The zero-order valence-electron chi connectivity index (χ0n) is 9.81. The van der Waals surface area contributed by atoms with E-state index in [-0.39, 0.29) is 17.7 Å². The molecule has 0 aromatic rings. The third-order valence-electron chi connectivity index (χ3n) is 2.61. The van der Waals surface area contributed by atoms with Gasteiger partial charge in [-0.15, -0.1) is 0 Å². The van der Waals surface area contributed by atoms with Crippen molar-refractivity contribution < 1.29 is 19.5 Å². The molecule has 2 amide bonds. The Bertz CT molecular complexity index is 331. The summed E-state index contributed by atoms with van der Waals surface area (Å²) < 4.78 is 0. The maximum absolute atomic E-state index is 11.8. The Morgan fingerprint density at radius 1 is 1.44 bits per heavy atom. The van der Waals surface area contributed by atoms with E-state index in [1.165, 1.54) is 0 Å². The molecule has 1 fully saturated rings. The fraction of sp³-hybridized carbons (Fsp3) is 0.700. The molecule has 0 saturated carbocycles. The monoisotopic (exact) mass is 275 g/mol. The molecule has 0 unspecified atom stereocenters. The van der Waals surface area contributed by atoms with E-state index in [4.69, 9.17) is 5.11 Å². The second kappa shape index (κ2) is 7.22. The van der Waals surface area contributed by atoms with Crippen LogP contribution >= 0.6 is 12.6 Å². The number of carbonyl (C=O) groups is 3. The standard InChI is InChI=1S/C10H17N3O4S/c14-8(15)4-12-9(16)7(5-18)13-10(17)6-2-1-3-11-6/h6-7,11,18H,1-5H2,(H,12,16)(H,13,17)(H,14,15)/t6-,7-/m0/s1. The summed E-state index contributed by atoms with van der Waals surface area (Å²) in [4.78, 5) is 33.6. The van der Waals surface area contributed by atoms with Gasteiger partial charge in [-0.2, -0.15) is 12.6 Å². The highest BCUT2D eigenvalue weighted by Crippen LogP contribution is 2.05. The van der Waals surface area contributed by atoms with Gasteiger partial charge in [0.05, 0.1) is 6.04 Å². The van der Waals surface area contributed by atoms with E-state index >= 15 is 0 Å². The van der Waals surface area contributed by atoms with Crippen molar-refractivity contribution in [3.8, 4) is 0 Å². The van der Waals surface area contributed by atoms with Crippen LogP contribution < -0.4 is 16.0 Å². The zero-order chi connectivity index (χ0) is 13.5. The molecule has 2 atom stereocenters. The van der Waals surface area contributed by atoms with E-state index in [1.807, 2.05) is 0 Å². The van der Waals surface area contributed by atoms with Crippen LogP contribution in [0.1, 0.15) is 12.8 Å². The molecule has 1 saturated heterocycles. The molecule has 102 valence electrons. The van der Waals surface area contributed by atoms with Gasteiger partial charge in [0.2, 0.25) is 11.8 Å². The lowest BCUT2D eigenvalue weighted by Crippen LogP contribution is -2.52. The first-order valence-electron chi connectivity index (χ1n) is 5.68. The molecule has 1 aliphatic heterocycles. The summed E-state index contributed by atoms with van der Waals surface area (Å²) in [5.74, 6) is -1.81. The summed E-state index contributed by atoms with van der Waals surface area (Å²) in [6.07, 6.45) is 1.66. The molecule has 0 aliphatic carbocycles. The van der Waals surface area contributed by atoms with Gasteiger partial charge in [0.15, 0.2) is 0 Å². The minimum atomic E-state index is -1.13. The second-order valence-corrected chi connectivity index (χ2v) is 4.37. The summed E-state index contributed by atoms with van der Waals surface area (Å²) in [5.41, 5.74) is 0. The Morgan fingerprint density at radius 3 is 2.67 bits per heavy atom. The quantitative estimate of drug-likeness (QED) is 0.374. The first kappa shape index (κ1) is 14.8. The molecule has 1 rings (SSSR count). The number of hydrogen-bond acceptors (Lipinski definition) is 5. The third kappa shape index (κ3) is 4.53. The van der Waals surface area contributed by atoms with E-state index in [2.05, 4.69) is 28.6 Å². The lowest BCUT2D eigenvalue weighted by Gasteiger charge is -2.18. The summed E-state index contributed by atoms with van der Waals surface area (Å²) in [5, 5.41) is 16.2. The maximum Gasteiger partial charge on any atom is 0.322 e. The van der Waals surface area contributed by atoms with Crippen LogP contribution in [-0.4, -0.2) is 53.8 Å². The zero-order valence-corrected chi connectivity index (χ0v) is 10.7. The molecule has 0 radical (unpaired) electrons. The van der Waals surface area contributed by atoms with Gasteiger partial charge in [-0.05, 0) is 19.4 Å². The van der Waals surface area contributed by atoms with E-state index in [1.54, 1.807) is 0 Å². The second-order valence-electron chi connectivity index (χ2n) is 4.00. The van der Waals surface area contributed by atoms with Gasteiger partial charge in [-0.1, -0.05) is 0 Å². The lowest BCUT2D eigenvalue weighted by molar-refractivity contribution is -0.138. The Kier molecular flexibility index (Phi) is 5.93. The molecule has 4 N–H and O–H groups in total. The van der Waals surface area contributed by atoms with Crippen molar-refractivity contribution in [2.24, 2.45) is 0 Å². The first-order chi connectivity index (χ1) is 8.54. The predicted molar refractivity (Wildman–Crippen MR) is 67.5 cm³/mol. The van der Waals surface area contributed by atoms with E-state index in [0.717, 1.165) is 19.4 Å². The number of nitrogens with one attached hydrogen (secondary N) is 3. The van der Waals surface area contributed by atoms with Gasteiger partial charge in [0.1, 0.15) is 12.6 Å². The minimum absolute atomic E-state index is 0.115.